The Bertz CT molecular complexity index is 1930. The van der Waals surface area contributed by atoms with E-state index < -0.39 is 9.85 Å². The van der Waals surface area contributed by atoms with Gasteiger partial charge in [0.2, 0.25) is 0 Å². The number of nitrogens with zero attached hydrogens (tertiary/aromatic N) is 6. The van der Waals surface area contributed by atoms with Crippen molar-refractivity contribution < 1.29 is 37.1 Å². The molecule has 222 valence electrons. The third kappa shape index (κ3) is 7.68. The van der Waals surface area contributed by atoms with Crippen molar-refractivity contribution in [3.8, 4) is 11.5 Å². The minimum atomic E-state index is -0.545. The molecule has 0 spiro atoms. The molecule has 0 unspecified atom stereocenters. The van der Waals surface area contributed by atoms with Crippen LogP contribution in [0.25, 0.3) is 21.8 Å². The first-order valence-corrected chi connectivity index (χ1v) is 13.0. The summed E-state index contributed by atoms with van der Waals surface area (Å²) in [7, 11) is 0. The Balaban J connectivity index is 0.000000200. The predicted octanol–water partition coefficient (Wildman–Crippen LogP) is 5.93. The molecule has 13 heteroatoms. The number of aliphatic imine (C=N–C) groups is 2. The predicted molar refractivity (Wildman–Crippen MR) is 163 cm³/mol. The summed E-state index contributed by atoms with van der Waals surface area (Å²) < 4.78 is 0. The number of non-ortho nitro benzene ring substituents is 2. The Hall–Kier alpha value is -6.04. The minimum absolute atomic E-state index is 0. The van der Waals surface area contributed by atoms with Crippen molar-refractivity contribution in [1.82, 2.24) is 9.97 Å². The molecule has 6 aromatic rings. The van der Waals surface area contributed by atoms with Crippen molar-refractivity contribution in [3.05, 3.63) is 141 Å². The molecular formula is C32H20FeN6O6. The van der Waals surface area contributed by atoms with Gasteiger partial charge in [-0.15, -0.1) is 0 Å². The third-order valence-electron chi connectivity index (χ3n) is 6.32. The first kappa shape index (κ1) is 31.9. The summed E-state index contributed by atoms with van der Waals surface area (Å²) in [4.78, 5) is 37.5. The second kappa shape index (κ2) is 14.4. The van der Waals surface area contributed by atoms with Gasteiger partial charge >= 0.3 is 17.1 Å². The summed E-state index contributed by atoms with van der Waals surface area (Å²) in [5.41, 5.74) is 2.67. The van der Waals surface area contributed by atoms with Crippen LogP contribution in [0.5, 0.6) is 11.5 Å². The molecule has 0 radical (unpaired) electrons. The van der Waals surface area contributed by atoms with E-state index in [1.807, 2.05) is 48.5 Å². The topological polar surface area (TPSA) is 183 Å². The van der Waals surface area contributed by atoms with Gasteiger partial charge in [0.05, 0.1) is 32.3 Å². The zero-order valence-electron chi connectivity index (χ0n) is 23.0. The molecule has 2 heterocycles. The van der Waals surface area contributed by atoms with E-state index in [4.69, 9.17) is 0 Å². The van der Waals surface area contributed by atoms with E-state index in [0.717, 1.165) is 10.8 Å². The molecule has 0 atom stereocenters. The van der Waals surface area contributed by atoms with Crippen LogP contribution < -0.4 is 10.2 Å². The average Bonchev–Trinajstić information content (AvgIpc) is 3.04. The normalized spacial score (nSPS) is 10.8. The van der Waals surface area contributed by atoms with Gasteiger partial charge in [0.15, 0.2) is 0 Å². The number of rotatable bonds is 6. The number of hydrogen-bond donors (Lipinski definition) is 0. The van der Waals surface area contributed by atoms with Crippen LogP contribution in [0.1, 0.15) is 11.1 Å². The quantitative estimate of drug-likeness (QED) is 0.0928. The van der Waals surface area contributed by atoms with Crippen LogP contribution in [0.3, 0.4) is 0 Å². The second-order valence-corrected chi connectivity index (χ2v) is 9.18. The molecule has 0 N–H and O–H groups in total. The minimum Gasteiger partial charge on any atom is -0.872 e. The number of hydrogen-bond acceptors (Lipinski definition) is 10. The maximum Gasteiger partial charge on any atom is 2.00 e. The smallest absolute Gasteiger partial charge is 0.872 e. The van der Waals surface area contributed by atoms with Crippen LogP contribution in [0.4, 0.5) is 22.7 Å². The fourth-order valence-corrected chi connectivity index (χ4v) is 4.16. The molecule has 0 saturated carbocycles. The molecule has 0 fully saturated rings. The van der Waals surface area contributed by atoms with Crippen LogP contribution in [0.15, 0.2) is 119 Å². The molecule has 2 aromatic heterocycles. The summed E-state index contributed by atoms with van der Waals surface area (Å²) in [6.07, 6.45) is 5.99. The van der Waals surface area contributed by atoms with Crippen LogP contribution in [0.2, 0.25) is 0 Å². The van der Waals surface area contributed by atoms with E-state index >= 15 is 0 Å². The molecule has 6 rings (SSSR count). The molecular weight excluding hydrogens is 620 g/mol. The van der Waals surface area contributed by atoms with Gasteiger partial charge in [0, 0.05) is 59.9 Å². The van der Waals surface area contributed by atoms with Gasteiger partial charge in [-0.3, -0.25) is 40.2 Å². The van der Waals surface area contributed by atoms with E-state index in [1.165, 1.54) is 48.8 Å². The van der Waals surface area contributed by atoms with E-state index in [1.54, 1.807) is 24.5 Å². The van der Waals surface area contributed by atoms with Crippen LogP contribution in [0, 0.1) is 20.2 Å². The van der Waals surface area contributed by atoms with Crippen molar-refractivity contribution in [2.45, 2.75) is 0 Å². The number of benzene rings is 4. The number of nitro benzene ring substituents is 2. The molecule has 4 aromatic carbocycles. The fraction of sp³-hybridized carbons (Fsp3) is 0. The van der Waals surface area contributed by atoms with E-state index in [2.05, 4.69) is 20.0 Å². The number of fused-ring (bicyclic) bond motifs is 2. The monoisotopic (exact) mass is 640 g/mol. The standard InChI is InChI=1S/2C16H11N3O3.Fe/c2*20-15-7-6-13(19(21)22)9-12(15)10-18-14-5-1-3-11-4-2-8-17-16(11)14;/h2*1-10,20H;/q;;+2/p-2. The Kier molecular flexibility index (Phi) is 10.2. The fourth-order valence-electron chi connectivity index (χ4n) is 4.16. The SMILES string of the molecule is O=[N+]([O-])c1ccc([O-])c(C=Nc2cccc3cccnc23)c1.O=[N+]([O-])c1ccc([O-])c(C=Nc2cccc3cccnc23)c1.[Fe+2]. The summed E-state index contributed by atoms with van der Waals surface area (Å²) in [6.45, 7) is 0. The molecule has 0 aliphatic rings. The largest absolute Gasteiger partial charge is 2.00 e. The third-order valence-corrected chi connectivity index (χ3v) is 6.32. The van der Waals surface area contributed by atoms with Gasteiger partial charge in [0.1, 0.15) is 0 Å². The van der Waals surface area contributed by atoms with Gasteiger partial charge in [-0.1, -0.05) is 60.0 Å². The number of aromatic nitrogens is 2. The van der Waals surface area contributed by atoms with E-state index in [-0.39, 0.29) is 51.1 Å². The van der Waals surface area contributed by atoms with Crippen molar-refractivity contribution in [2.75, 3.05) is 0 Å². The average molecular weight is 640 g/mol. The van der Waals surface area contributed by atoms with Gasteiger partial charge < -0.3 is 10.2 Å². The van der Waals surface area contributed by atoms with Gasteiger partial charge in [-0.2, -0.15) is 0 Å². The number of pyridine rings is 2. The first-order chi connectivity index (χ1) is 21.3. The zero-order valence-corrected chi connectivity index (χ0v) is 24.1. The van der Waals surface area contributed by atoms with Crippen molar-refractivity contribution in [2.24, 2.45) is 9.98 Å². The van der Waals surface area contributed by atoms with Crippen LogP contribution in [-0.2, 0) is 17.1 Å². The zero-order chi connectivity index (χ0) is 31.1. The van der Waals surface area contributed by atoms with Crippen LogP contribution in [-0.4, -0.2) is 32.2 Å². The number of nitro groups is 2. The second-order valence-electron chi connectivity index (χ2n) is 9.18. The van der Waals surface area contributed by atoms with Gasteiger partial charge in [-0.05, 0) is 35.4 Å². The summed E-state index contributed by atoms with van der Waals surface area (Å²) in [5.74, 6) is -0.634. The van der Waals surface area contributed by atoms with Crippen molar-refractivity contribution >= 4 is 57.0 Å². The van der Waals surface area contributed by atoms with Crippen molar-refractivity contribution in [1.29, 1.82) is 0 Å². The Morgan fingerprint density at radius 1 is 0.578 bits per heavy atom. The summed E-state index contributed by atoms with van der Waals surface area (Å²) in [6, 6.07) is 25.6. The summed E-state index contributed by atoms with van der Waals surface area (Å²) >= 11 is 0. The molecule has 0 aliphatic heterocycles. The van der Waals surface area contributed by atoms with Crippen molar-refractivity contribution in [3.63, 3.8) is 0 Å². The summed E-state index contributed by atoms with van der Waals surface area (Å²) in [5, 5.41) is 46.9. The Labute approximate surface area is 265 Å². The molecule has 0 saturated heterocycles. The molecule has 12 nitrogen and oxygen atoms in total. The molecule has 0 aliphatic carbocycles. The maximum absolute atomic E-state index is 11.7. The Morgan fingerprint density at radius 2 is 0.978 bits per heavy atom. The molecule has 45 heavy (non-hydrogen) atoms. The Morgan fingerprint density at radius 3 is 1.38 bits per heavy atom. The first-order valence-electron chi connectivity index (χ1n) is 13.0. The molecule has 0 amide bonds. The van der Waals surface area contributed by atoms with Gasteiger partial charge in [0.25, 0.3) is 11.4 Å². The van der Waals surface area contributed by atoms with E-state index in [0.29, 0.717) is 22.4 Å². The van der Waals surface area contributed by atoms with Gasteiger partial charge in [-0.25, -0.2) is 0 Å². The van der Waals surface area contributed by atoms with Crippen LogP contribution >= 0.6 is 0 Å². The maximum atomic E-state index is 11.7. The molecule has 0 bridgehead atoms. The number of para-hydroxylation sites is 2. The van der Waals surface area contributed by atoms with E-state index in [9.17, 15) is 30.4 Å².